The number of aromatic nitrogens is 1. The lowest BCUT2D eigenvalue weighted by Gasteiger charge is -2.36. The zero-order chi connectivity index (χ0) is 17.5. The maximum Gasteiger partial charge on any atom is 0.311 e. The number of rotatable bonds is 3. The van der Waals surface area contributed by atoms with Gasteiger partial charge in [0.05, 0.1) is 11.6 Å². The molecular formula is C18H26N2O4. The molecule has 1 saturated heterocycles. The molecule has 24 heavy (non-hydrogen) atoms. The minimum atomic E-state index is -0.517. The molecule has 6 nitrogen and oxygen atoms in total. The van der Waals surface area contributed by atoms with E-state index in [1.807, 2.05) is 20.8 Å². The second kappa shape index (κ2) is 6.22. The Kier molecular flexibility index (Phi) is 4.40. The molecule has 2 atom stereocenters. The third-order valence-corrected chi connectivity index (χ3v) is 4.44. The largest absolute Gasteiger partial charge is 0.460 e. The van der Waals surface area contributed by atoms with Crippen LogP contribution in [0.5, 0.6) is 0 Å². The second-order valence-electron chi connectivity index (χ2n) is 8.12. The molecule has 1 aromatic heterocycles. The number of esters is 1. The number of piperidine rings is 1. The van der Waals surface area contributed by atoms with E-state index >= 15 is 0 Å². The predicted molar refractivity (Wildman–Crippen MR) is 87.5 cm³/mol. The number of likely N-dealkylation sites (tertiary alicyclic amines) is 1. The molecule has 1 aromatic rings. The average molecular weight is 334 g/mol. The molecule has 3 rings (SSSR count). The number of oxazole rings is 1. The van der Waals surface area contributed by atoms with E-state index in [0.29, 0.717) is 24.8 Å². The molecule has 2 aliphatic rings. The van der Waals surface area contributed by atoms with Gasteiger partial charge in [0, 0.05) is 19.0 Å². The van der Waals surface area contributed by atoms with Crippen molar-refractivity contribution in [3.63, 3.8) is 0 Å². The summed E-state index contributed by atoms with van der Waals surface area (Å²) in [5, 5.41) is 0. The van der Waals surface area contributed by atoms with Crippen molar-refractivity contribution in [2.45, 2.75) is 58.5 Å². The highest BCUT2D eigenvalue weighted by Crippen LogP contribution is 2.41. The van der Waals surface area contributed by atoms with Gasteiger partial charge >= 0.3 is 5.97 Å². The van der Waals surface area contributed by atoms with E-state index < -0.39 is 5.60 Å². The van der Waals surface area contributed by atoms with Crippen LogP contribution < -0.4 is 0 Å². The van der Waals surface area contributed by atoms with Crippen molar-refractivity contribution in [3.8, 4) is 0 Å². The fraction of sp³-hybridized carbons (Fsp3) is 0.722. The minimum absolute atomic E-state index is 0.158. The average Bonchev–Trinajstić information content (AvgIpc) is 3.21. The summed E-state index contributed by atoms with van der Waals surface area (Å²) in [5.41, 5.74) is 0.253. The molecule has 6 heteroatoms. The third kappa shape index (κ3) is 3.79. The van der Waals surface area contributed by atoms with Crippen molar-refractivity contribution >= 4 is 11.9 Å². The van der Waals surface area contributed by atoms with E-state index in [1.54, 1.807) is 4.90 Å². The molecule has 0 radical (unpaired) electrons. The second-order valence-corrected chi connectivity index (χ2v) is 8.12. The van der Waals surface area contributed by atoms with Crippen molar-refractivity contribution < 1.29 is 18.7 Å². The van der Waals surface area contributed by atoms with Crippen molar-refractivity contribution in [2.24, 2.45) is 11.8 Å². The van der Waals surface area contributed by atoms with E-state index in [1.165, 1.54) is 6.39 Å². The Morgan fingerprint density at radius 2 is 2.00 bits per heavy atom. The van der Waals surface area contributed by atoms with Crippen molar-refractivity contribution in [2.75, 3.05) is 13.1 Å². The van der Waals surface area contributed by atoms with Crippen molar-refractivity contribution in [3.05, 3.63) is 17.8 Å². The normalized spacial score (nSPS) is 24.8. The number of carbonyl (C=O) groups is 2. The quantitative estimate of drug-likeness (QED) is 0.795. The van der Waals surface area contributed by atoms with Gasteiger partial charge < -0.3 is 14.1 Å². The summed E-state index contributed by atoms with van der Waals surface area (Å²) in [6.07, 6.45) is 4.21. The molecule has 2 unspecified atom stereocenters. The van der Waals surface area contributed by atoms with Crippen LogP contribution in [0.1, 0.15) is 69.1 Å². The number of hydrogen-bond acceptors (Lipinski definition) is 5. The number of ether oxygens (including phenoxy) is 1. The van der Waals surface area contributed by atoms with Gasteiger partial charge in [-0.05, 0) is 46.0 Å². The van der Waals surface area contributed by atoms with Gasteiger partial charge in [0.2, 0.25) is 5.76 Å². The lowest BCUT2D eigenvalue weighted by atomic mass is 9.90. The third-order valence-electron chi connectivity index (χ3n) is 4.44. The molecule has 1 aliphatic heterocycles. The Bertz CT molecular complexity index is 627. The van der Waals surface area contributed by atoms with Crippen LogP contribution in [0.4, 0.5) is 0 Å². The number of amides is 1. The molecular weight excluding hydrogens is 308 g/mol. The standard InChI is InChI=1S/C18H26N2O4/c1-11-7-13(17(22)24-18(2,3)4)9-20(8-11)16(21)15-14(12-5-6-12)19-10-23-15/h10-13H,5-9H2,1-4H3. The van der Waals surface area contributed by atoms with E-state index in [0.717, 1.165) is 25.0 Å². The molecule has 0 N–H and O–H groups in total. The zero-order valence-corrected chi connectivity index (χ0v) is 14.9. The van der Waals surface area contributed by atoms with Gasteiger partial charge in [-0.25, -0.2) is 4.98 Å². The Labute approximate surface area is 142 Å². The molecule has 0 aromatic carbocycles. The summed E-state index contributed by atoms with van der Waals surface area (Å²) in [5.74, 6) is 0.263. The van der Waals surface area contributed by atoms with Crippen LogP contribution in [-0.4, -0.2) is 40.5 Å². The number of nitrogens with zero attached hydrogens (tertiary/aromatic N) is 2. The molecule has 1 aliphatic carbocycles. The molecule has 1 amide bonds. The van der Waals surface area contributed by atoms with Crippen LogP contribution in [-0.2, 0) is 9.53 Å². The zero-order valence-electron chi connectivity index (χ0n) is 14.9. The Balaban J connectivity index is 1.72. The summed E-state index contributed by atoms with van der Waals surface area (Å²) in [6.45, 7) is 8.63. The van der Waals surface area contributed by atoms with E-state index in [4.69, 9.17) is 9.15 Å². The van der Waals surface area contributed by atoms with Gasteiger partial charge in [-0.3, -0.25) is 9.59 Å². The topological polar surface area (TPSA) is 72.6 Å². The van der Waals surface area contributed by atoms with E-state index in [9.17, 15) is 9.59 Å². The summed E-state index contributed by atoms with van der Waals surface area (Å²) < 4.78 is 10.9. The molecule has 2 fully saturated rings. The van der Waals surface area contributed by atoms with Gasteiger partial charge in [-0.15, -0.1) is 0 Å². The predicted octanol–water partition coefficient (Wildman–Crippen LogP) is 2.99. The fourth-order valence-corrected chi connectivity index (χ4v) is 3.28. The highest BCUT2D eigenvalue weighted by molar-refractivity contribution is 5.93. The summed E-state index contributed by atoms with van der Waals surface area (Å²) in [6, 6.07) is 0. The summed E-state index contributed by atoms with van der Waals surface area (Å²) >= 11 is 0. The van der Waals surface area contributed by atoms with Gasteiger partial charge in [0.25, 0.3) is 5.91 Å². The van der Waals surface area contributed by atoms with Crippen LogP contribution in [0.15, 0.2) is 10.8 Å². The van der Waals surface area contributed by atoms with Gasteiger partial charge in [-0.1, -0.05) is 6.92 Å². The van der Waals surface area contributed by atoms with Crippen molar-refractivity contribution in [1.82, 2.24) is 9.88 Å². The van der Waals surface area contributed by atoms with E-state index in [-0.39, 0.29) is 23.7 Å². The van der Waals surface area contributed by atoms with Crippen molar-refractivity contribution in [1.29, 1.82) is 0 Å². The van der Waals surface area contributed by atoms with Gasteiger partial charge in [0.15, 0.2) is 6.39 Å². The SMILES string of the molecule is CC1CC(C(=O)OC(C)(C)C)CN(C(=O)c2ocnc2C2CC2)C1. The highest BCUT2D eigenvalue weighted by Gasteiger charge is 2.38. The molecule has 2 heterocycles. The van der Waals surface area contributed by atoms with E-state index in [2.05, 4.69) is 11.9 Å². The number of carbonyl (C=O) groups excluding carboxylic acids is 2. The lowest BCUT2D eigenvalue weighted by Crippen LogP contribution is -2.47. The number of hydrogen-bond donors (Lipinski definition) is 0. The van der Waals surface area contributed by atoms with Gasteiger partial charge in [0.1, 0.15) is 5.60 Å². The molecule has 1 saturated carbocycles. The summed E-state index contributed by atoms with van der Waals surface area (Å²) in [7, 11) is 0. The maximum atomic E-state index is 12.9. The molecule has 0 bridgehead atoms. The highest BCUT2D eigenvalue weighted by atomic mass is 16.6. The van der Waals surface area contributed by atoms with Crippen LogP contribution in [0.3, 0.4) is 0 Å². The Hall–Kier alpha value is -1.85. The van der Waals surface area contributed by atoms with Gasteiger partial charge in [-0.2, -0.15) is 0 Å². The first-order chi connectivity index (χ1) is 11.2. The first-order valence-electron chi connectivity index (χ1n) is 8.70. The van der Waals surface area contributed by atoms with Crippen LogP contribution in [0, 0.1) is 11.8 Å². The Morgan fingerprint density at radius 1 is 1.29 bits per heavy atom. The lowest BCUT2D eigenvalue weighted by molar-refractivity contribution is -0.162. The van der Waals surface area contributed by atoms with Crippen LogP contribution in [0.2, 0.25) is 0 Å². The minimum Gasteiger partial charge on any atom is -0.460 e. The van der Waals surface area contributed by atoms with Crippen LogP contribution >= 0.6 is 0 Å². The molecule has 132 valence electrons. The fourth-order valence-electron chi connectivity index (χ4n) is 3.28. The smallest absolute Gasteiger partial charge is 0.311 e. The van der Waals surface area contributed by atoms with Crippen LogP contribution in [0.25, 0.3) is 0 Å². The monoisotopic (exact) mass is 334 g/mol. The maximum absolute atomic E-state index is 12.9. The Morgan fingerprint density at radius 3 is 2.62 bits per heavy atom. The first-order valence-corrected chi connectivity index (χ1v) is 8.70. The molecule has 0 spiro atoms. The summed E-state index contributed by atoms with van der Waals surface area (Å²) in [4.78, 5) is 31.2. The first kappa shape index (κ1) is 17.0.